The fourth-order valence-corrected chi connectivity index (χ4v) is 5.74. The number of fused-ring (bicyclic) bond motifs is 1. The van der Waals surface area contributed by atoms with Gasteiger partial charge in [-0.05, 0) is 40.8 Å². The van der Waals surface area contributed by atoms with Crippen molar-refractivity contribution in [3.8, 4) is 0 Å². The van der Waals surface area contributed by atoms with Gasteiger partial charge in [-0.25, -0.2) is 4.98 Å². The van der Waals surface area contributed by atoms with E-state index in [0.717, 1.165) is 29.7 Å². The van der Waals surface area contributed by atoms with E-state index < -0.39 is 5.54 Å². The van der Waals surface area contributed by atoms with Crippen LogP contribution >= 0.6 is 15.9 Å². The molecule has 0 atom stereocenters. The third kappa shape index (κ3) is 3.88. The molecule has 0 spiro atoms. The van der Waals surface area contributed by atoms with Gasteiger partial charge in [0.25, 0.3) is 0 Å². The Morgan fingerprint density at radius 1 is 0.743 bits per heavy atom. The minimum Gasteiger partial charge on any atom is -0.365 e. The van der Waals surface area contributed by atoms with Crippen molar-refractivity contribution in [3.63, 3.8) is 0 Å². The maximum Gasteiger partial charge on any atom is 0.121 e. The topological polar surface area (TPSA) is 21.1 Å². The summed E-state index contributed by atoms with van der Waals surface area (Å²) in [6.07, 6.45) is 5.30. The predicted molar refractivity (Wildman–Crippen MR) is 146 cm³/mol. The van der Waals surface area contributed by atoms with Gasteiger partial charge in [0.15, 0.2) is 0 Å². The molecular formula is C31H26BrN3. The molecule has 172 valence electrons. The molecule has 0 unspecified atom stereocenters. The standard InChI is InChI=1S/C31H26BrN3/c32-28-17-16-24-18-19-34(30(24)20-28)21-29-22-35(23-33-29)31(25-10-4-1-5-11-25,26-12-6-2-7-13-26)27-14-8-3-9-15-27/h1-17,20,22-23H,18-19,21H2. The molecule has 0 saturated heterocycles. The number of imidazole rings is 1. The summed E-state index contributed by atoms with van der Waals surface area (Å²) in [4.78, 5) is 7.36. The Kier molecular flexibility index (Phi) is 5.75. The number of rotatable bonds is 6. The van der Waals surface area contributed by atoms with Gasteiger partial charge in [0.05, 0.1) is 18.6 Å². The van der Waals surface area contributed by atoms with Crippen LogP contribution in [0.1, 0.15) is 27.9 Å². The molecule has 4 heteroatoms. The van der Waals surface area contributed by atoms with Crippen LogP contribution in [-0.2, 0) is 18.5 Å². The highest BCUT2D eigenvalue weighted by molar-refractivity contribution is 9.10. The molecule has 0 amide bonds. The van der Waals surface area contributed by atoms with Crippen LogP contribution in [0.15, 0.2) is 126 Å². The highest BCUT2D eigenvalue weighted by atomic mass is 79.9. The van der Waals surface area contributed by atoms with Gasteiger partial charge in [-0.15, -0.1) is 0 Å². The second-order valence-electron chi connectivity index (χ2n) is 9.03. The summed E-state index contributed by atoms with van der Waals surface area (Å²) in [5, 5.41) is 0. The van der Waals surface area contributed by atoms with Crippen molar-refractivity contribution in [2.45, 2.75) is 18.5 Å². The quantitative estimate of drug-likeness (QED) is 0.224. The van der Waals surface area contributed by atoms with Gasteiger partial charge >= 0.3 is 0 Å². The van der Waals surface area contributed by atoms with Gasteiger partial charge in [-0.2, -0.15) is 0 Å². The third-order valence-electron chi connectivity index (χ3n) is 6.99. The van der Waals surface area contributed by atoms with Crippen molar-refractivity contribution < 1.29 is 0 Å². The molecule has 0 aliphatic carbocycles. The van der Waals surface area contributed by atoms with Gasteiger partial charge < -0.3 is 9.47 Å². The predicted octanol–water partition coefficient (Wildman–Crippen LogP) is 7.05. The van der Waals surface area contributed by atoms with Crippen LogP contribution in [0.5, 0.6) is 0 Å². The summed E-state index contributed by atoms with van der Waals surface area (Å²) in [6, 6.07) is 38.8. The minimum absolute atomic E-state index is 0.527. The monoisotopic (exact) mass is 519 g/mol. The number of nitrogens with zero attached hydrogens (tertiary/aromatic N) is 3. The zero-order chi connectivity index (χ0) is 23.7. The van der Waals surface area contributed by atoms with Gasteiger partial charge in [0.1, 0.15) is 5.54 Å². The average molecular weight is 520 g/mol. The summed E-state index contributed by atoms with van der Waals surface area (Å²) in [5.41, 5.74) is 6.85. The maximum absolute atomic E-state index is 4.93. The molecule has 0 bridgehead atoms. The van der Waals surface area contributed by atoms with Gasteiger partial charge in [-0.3, -0.25) is 0 Å². The van der Waals surface area contributed by atoms with Crippen molar-refractivity contribution in [3.05, 3.63) is 154 Å². The van der Waals surface area contributed by atoms with E-state index >= 15 is 0 Å². The van der Waals surface area contributed by atoms with Crippen LogP contribution in [0.25, 0.3) is 0 Å². The summed E-state index contributed by atoms with van der Waals surface area (Å²) >= 11 is 3.64. The molecular weight excluding hydrogens is 494 g/mol. The lowest BCUT2D eigenvalue weighted by molar-refractivity contribution is 0.514. The van der Waals surface area contributed by atoms with Gasteiger partial charge in [0.2, 0.25) is 0 Å². The fourth-order valence-electron chi connectivity index (χ4n) is 5.39. The first kappa shape index (κ1) is 21.9. The van der Waals surface area contributed by atoms with E-state index in [1.165, 1.54) is 27.9 Å². The van der Waals surface area contributed by atoms with Crippen LogP contribution in [0.3, 0.4) is 0 Å². The lowest BCUT2D eigenvalue weighted by Gasteiger charge is -2.37. The lowest BCUT2D eigenvalue weighted by atomic mass is 9.77. The number of benzene rings is 4. The van der Waals surface area contributed by atoms with Crippen molar-refractivity contribution in [2.75, 3.05) is 11.4 Å². The van der Waals surface area contributed by atoms with Gasteiger partial charge in [-0.1, -0.05) is 113 Å². The Morgan fingerprint density at radius 3 is 1.89 bits per heavy atom. The number of hydrogen-bond acceptors (Lipinski definition) is 2. The number of aromatic nitrogens is 2. The van der Waals surface area contributed by atoms with Crippen molar-refractivity contribution in [1.82, 2.24) is 9.55 Å². The molecule has 2 heterocycles. The summed E-state index contributed by atoms with van der Waals surface area (Å²) < 4.78 is 3.41. The molecule has 3 nitrogen and oxygen atoms in total. The molecule has 5 aromatic rings. The highest BCUT2D eigenvalue weighted by Gasteiger charge is 2.38. The first-order valence-corrected chi connectivity index (χ1v) is 12.8. The molecule has 1 aliphatic rings. The first-order valence-electron chi connectivity index (χ1n) is 12.0. The van der Waals surface area contributed by atoms with Crippen LogP contribution in [-0.4, -0.2) is 16.1 Å². The van der Waals surface area contributed by atoms with Gasteiger partial charge in [0, 0.05) is 22.9 Å². The number of hydrogen-bond donors (Lipinski definition) is 0. The minimum atomic E-state index is -0.527. The molecule has 6 rings (SSSR count). The Hall–Kier alpha value is -3.63. The van der Waals surface area contributed by atoms with E-state index in [4.69, 9.17) is 4.98 Å². The largest absolute Gasteiger partial charge is 0.365 e. The fraction of sp³-hybridized carbons (Fsp3) is 0.129. The second kappa shape index (κ2) is 9.20. The highest BCUT2D eigenvalue weighted by Crippen LogP contribution is 2.41. The first-order chi connectivity index (χ1) is 17.2. The Balaban J connectivity index is 1.48. The lowest BCUT2D eigenvalue weighted by Crippen LogP contribution is -2.37. The zero-order valence-electron chi connectivity index (χ0n) is 19.4. The molecule has 1 aliphatic heterocycles. The molecule has 1 aromatic heterocycles. The van der Waals surface area contributed by atoms with Crippen LogP contribution in [0.4, 0.5) is 5.69 Å². The molecule has 0 N–H and O–H groups in total. The molecule has 4 aromatic carbocycles. The van der Waals surface area contributed by atoms with E-state index in [2.05, 4.69) is 141 Å². The van der Waals surface area contributed by atoms with E-state index in [9.17, 15) is 0 Å². The summed E-state index contributed by atoms with van der Waals surface area (Å²) in [5.74, 6) is 0. The normalized spacial score (nSPS) is 13.1. The van der Waals surface area contributed by atoms with E-state index in [0.29, 0.717) is 0 Å². The van der Waals surface area contributed by atoms with E-state index in [1.807, 2.05) is 6.33 Å². The Labute approximate surface area is 214 Å². The smallest absolute Gasteiger partial charge is 0.121 e. The average Bonchev–Trinajstić information content (AvgIpc) is 3.54. The van der Waals surface area contributed by atoms with Crippen LogP contribution < -0.4 is 4.90 Å². The maximum atomic E-state index is 4.93. The molecule has 35 heavy (non-hydrogen) atoms. The third-order valence-corrected chi connectivity index (χ3v) is 7.48. The van der Waals surface area contributed by atoms with E-state index in [-0.39, 0.29) is 0 Å². The summed E-state index contributed by atoms with van der Waals surface area (Å²) in [7, 11) is 0. The van der Waals surface area contributed by atoms with Crippen molar-refractivity contribution >= 4 is 21.6 Å². The number of anilines is 1. The second-order valence-corrected chi connectivity index (χ2v) is 9.94. The summed E-state index contributed by atoms with van der Waals surface area (Å²) in [6.45, 7) is 1.80. The SMILES string of the molecule is Brc1ccc2c(c1)N(Cc1cn(C(c3ccccc3)(c3ccccc3)c3ccccc3)cn1)CC2. The van der Waals surface area contributed by atoms with Crippen molar-refractivity contribution in [1.29, 1.82) is 0 Å². The Bertz CT molecular complexity index is 1330. The molecule has 0 fully saturated rings. The van der Waals surface area contributed by atoms with Crippen LogP contribution in [0, 0.1) is 0 Å². The van der Waals surface area contributed by atoms with Crippen LogP contribution in [0.2, 0.25) is 0 Å². The molecule has 0 radical (unpaired) electrons. The zero-order valence-corrected chi connectivity index (χ0v) is 21.0. The molecule has 0 saturated carbocycles. The van der Waals surface area contributed by atoms with Crippen molar-refractivity contribution in [2.24, 2.45) is 0 Å². The Morgan fingerprint density at radius 2 is 1.31 bits per heavy atom. The van der Waals surface area contributed by atoms with E-state index in [1.54, 1.807) is 0 Å². The number of halogens is 1.